The molecule has 1 aromatic heterocycles. The zero-order valence-electron chi connectivity index (χ0n) is 13.4. The van der Waals surface area contributed by atoms with Gasteiger partial charge in [0.25, 0.3) is 5.56 Å². The van der Waals surface area contributed by atoms with Gasteiger partial charge in [0.05, 0.1) is 5.92 Å². The number of aliphatic carboxylic acids is 1. The van der Waals surface area contributed by atoms with Crippen LogP contribution in [0.15, 0.2) is 17.2 Å². The summed E-state index contributed by atoms with van der Waals surface area (Å²) in [5.74, 6) is -1.22. The molecule has 6 nitrogen and oxygen atoms in total. The van der Waals surface area contributed by atoms with Crippen molar-refractivity contribution in [2.24, 2.45) is 11.3 Å². The fourth-order valence-corrected chi connectivity index (χ4v) is 2.16. The molecule has 0 radical (unpaired) electrons. The first-order chi connectivity index (χ1) is 9.61. The Hall–Kier alpha value is -1.85. The number of nitrogens with zero attached hydrogens (tertiary/aromatic N) is 2. The Balaban J connectivity index is 2.84. The molecule has 0 fully saturated rings. The van der Waals surface area contributed by atoms with E-state index in [1.165, 1.54) is 0 Å². The zero-order valence-corrected chi connectivity index (χ0v) is 13.4. The summed E-state index contributed by atoms with van der Waals surface area (Å²) in [6.45, 7) is 9.99. The third-order valence-electron chi connectivity index (χ3n) is 3.15. The maximum absolute atomic E-state index is 12.2. The van der Waals surface area contributed by atoms with E-state index < -0.39 is 11.9 Å². The highest BCUT2D eigenvalue weighted by atomic mass is 16.4. The van der Waals surface area contributed by atoms with Gasteiger partial charge in [-0.15, -0.1) is 0 Å². The molecule has 0 spiro atoms. The molecule has 21 heavy (non-hydrogen) atoms. The summed E-state index contributed by atoms with van der Waals surface area (Å²) in [7, 11) is 0. The fraction of sp³-hybridized carbons (Fsp3) is 0.667. The van der Waals surface area contributed by atoms with Crippen LogP contribution in [0.25, 0.3) is 0 Å². The molecule has 0 amide bonds. The van der Waals surface area contributed by atoms with E-state index in [1.54, 1.807) is 17.0 Å². The maximum Gasteiger partial charge on any atom is 0.308 e. The number of hydrogen-bond acceptors (Lipinski definition) is 4. The van der Waals surface area contributed by atoms with Crippen LogP contribution in [-0.4, -0.2) is 27.2 Å². The second-order valence-corrected chi connectivity index (χ2v) is 6.76. The van der Waals surface area contributed by atoms with Crippen molar-refractivity contribution in [3.05, 3.63) is 22.7 Å². The van der Waals surface area contributed by atoms with Crippen LogP contribution < -0.4 is 10.9 Å². The van der Waals surface area contributed by atoms with Gasteiger partial charge in [0.15, 0.2) is 5.82 Å². The van der Waals surface area contributed by atoms with Crippen molar-refractivity contribution in [3.8, 4) is 0 Å². The van der Waals surface area contributed by atoms with E-state index in [1.807, 2.05) is 34.6 Å². The summed E-state index contributed by atoms with van der Waals surface area (Å²) in [5, 5.41) is 12.2. The lowest BCUT2D eigenvalue weighted by atomic mass is 9.84. The topological polar surface area (TPSA) is 84.2 Å². The normalized spacial score (nSPS) is 13.2. The molecule has 1 rings (SSSR count). The molecule has 0 bridgehead atoms. The van der Waals surface area contributed by atoms with Crippen molar-refractivity contribution < 1.29 is 9.90 Å². The first-order valence-electron chi connectivity index (χ1n) is 7.15. The molecule has 6 heteroatoms. The van der Waals surface area contributed by atoms with Gasteiger partial charge < -0.3 is 15.0 Å². The second-order valence-electron chi connectivity index (χ2n) is 6.76. The number of rotatable bonds is 6. The smallest absolute Gasteiger partial charge is 0.308 e. The molecule has 0 aliphatic heterocycles. The van der Waals surface area contributed by atoms with Gasteiger partial charge in [-0.2, -0.15) is 0 Å². The maximum atomic E-state index is 12.2. The Bertz CT molecular complexity index is 544. The van der Waals surface area contributed by atoms with Crippen LogP contribution in [0.4, 0.5) is 5.82 Å². The molecule has 0 aliphatic carbocycles. The van der Waals surface area contributed by atoms with Crippen LogP contribution in [0.5, 0.6) is 0 Å². The summed E-state index contributed by atoms with van der Waals surface area (Å²) in [4.78, 5) is 27.5. The lowest BCUT2D eigenvalue weighted by Gasteiger charge is -2.23. The number of aromatic nitrogens is 2. The Kier molecular flexibility index (Phi) is 5.52. The Morgan fingerprint density at radius 1 is 1.43 bits per heavy atom. The van der Waals surface area contributed by atoms with E-state index >= 15 is 0 Å². The second kappa shape index (κ2) is 6.74. The molecule has 1 atom stereocenters. The van der Waals surface area contributed by atoms with Crippen molar-refractivity contribution in [3.63, 3.8) is 0 Å². The van der Waals surface area contributed by atoms with Gasteiger partial charge in [0, 0.05) is 25.0 Å². The number of carboxylic acids is 1. The number of anilines is 1. The number of carbonyl (C=O) groups is 1. The summed E-state index contributed by atoms with van der Waals surface area (Å²) in [5.41, 5.74) is -0.320. The average Bonchev–Trinajstić information content (AvgIpc) is 2.33. The van der Waals surface area contributed by atoms with E-state index in [9.17, 15) is 14.7 Å². The third-order valence-corrected chi connectivity index (χ3v) is 3.15. The lowest BCUT2D eigenvalue weighted by Crippen LogP contribution is -2.31. The third kappa shape index (κ3) is 5.21. The van der Waals surface area contributed by atoms with E-state index in [0.717, 1.165) is 0 Å². The van der Waals surface area contributed by atoms with Gasteiger partial charge in [0.2, 0.25) is 0 Å². The standard InChI is InChI=1S/C15H25N3O3/c1-10(2)18-7-6-16-12(13(18)19)17-9-11(14(20)21)8-15(3,4)5/h6-7,10-11H,8-9H2,1-5H3,(H,16,17)(H,20,21). The van der Waals surface area contributed by atoms with Crippen LogP contribution in [-0.2, 0) is 4.79 Å². The van der Waals surface area contributed by atoms with E-state index in [-0.39, 0.29) is 29.4 Å². The summed E-state index contributed by atoms with van der Waals surface area (Å²) < 4.78 is 1.56. The highest BCUT2D eigenvalue weighted by molar-refractivity contribution is 5.70. The fourth-order valence-electron chi connectivity index (χ4n) is 2.16. The minimum Gasteiger partial charge on any atom is -0.481 e. The number of hydrogen-bond donors (Lipinski definition) is 2. The summed E-state index contributed by atoms with van der Waals surface area (Å²) in [6.07, 6.45) is 3.70. The monoisotopic (exact) mass is 295 g/mol. The SMILES string of the molecule is CC(C)n1ccnc(NCC(CC(C)(C)C)C(=O)O)c1=O. The van der Waals surface area contributed by atoms with E-state index in [2.05, 4.69) is 10.3 Å². The molecule has 118 valence electrons. The molecule has 1 heterocycles. The predicted octanol–water partition coefficient (Wildman–Crippen LogP) is 2.37. The Morgan fingerprint density at radius 2 is 2.05 bits per heavy atom. The van der Waals surface area contributed by atoms with Crippen LogP contribution in [0.2, 0.25) is 0 Å². The van der Waals surface area contributed by atoms with Crippen LogP contribution in [0, 0.1) is 11.3 Å². The predicted molar refractivity (Wildman–Crippen MR) is 82.6 cm³/mol. The molecular weight excluding hydrogens is 270 g/mol. The minimum absolute atomic E-state index is 0.0332. The largest absolute Gasteiger partial charge is 0.481 e. The highest BCUT2D eigenvalue weighted by Gasteiger charge is 2.24. The number of carboxylic acid groups (broad SMARTS) is 1. The minimum atomic E-state index is -0.863. The lowest BCUT2D eigenvalue weighted by molar-refractivity contribution is -0.142. The first-order valence-corrected chi connectivity index (χ1v) is 7.15. The van der Waals surface area contributed by atoms with E-state index in [4.69, 9.17) is 0 Å². The van der Waals surface area contributed by atoms with Crippen molar-refractivity contribution in [2.75, 3.05) is 11.9 Å². The van der Waals surface area contributed by atoms with Gasteiger partial charge in [-0.1, -0.05) is 20.8 Å². The Labute approximate surface area is 125 Å². The highest BCUT2D eigenvalue weighted by Crippen LogP contribution is 2.24. The van der Waals surface area contributed by atoms with Crippen molar-refractivity contribution in [1.82, 2.24) is 9.55 Å². The molecule has 0 aliphatic rings. The summed E-state index contributed by atoms with van der Waals surface area (Å²) >= 11 is 0. The molecule has 0 saturated carbocycles. The van der Waals surface area contributed by atoms with Crippen molar-refractivity contribution in [1.29, 1.82) is 0 Å². The Morgan fingerprint density at radius 3 is 2.52 bits per heavy atom. The average molecular weight is 295 g/mol. The summed E-state index contributed by atoms with van der Waals surface area (Å²) in [6, 6.07) is 0.0332. The van der Waals surface area contributed by atoms with Crippen LogP contribution in [0.3, 0.4) is 0 Å². The van der Waals surface area contributed by atoms with Crippen molar-refractivity contribution >= 4 is 11.8 Å². The quantitative estimate of drug-likeness (QED) is 0.841. The molecule has 0 aromatic carbocycles. The molecule has 1 aromatic rings. The molecule has 2 N–H and O–H groups in total. The zero-order chi connectivity index (χ0) is 16.2. The van der Waals surface area contributed by atoms with E-state index in [0.29, 0.717) is 6.42 Å². The van der Waals surface area contributed by atoms with Gasteiger partial charge in [-0.05, 0) is 25.7 Å². The van der Waals surface area contributed by atoms with Crippen LogP contribution >= 0.6 is 0 Å². The van der Waals surface area contributed by atoms with Gasteiger partial charge in [-0.3, -0.25) is 9.59 Å². The van der Waals surface area contributed by atoms with Crippen LogP contribution in [0.1, 0.15) is 47.1 Å². The van der Waals surface area contributed by atoms with Gasteiger partial charge >= 0.3 is 5.97 Å². The van der Waals surface area contributed by atoms with Crippen molar-refractivity contribution in [2.45, 2.75) is 47.1 Å². The molecule has 1 unspecified atom stereocenters. The molecular formula is C15H25N3O3. The number of nitrogens with one attached hydrogen (secondary N) is 1. The first kappa shape index (κ1) is 17.2. The molecule has 0 saturated heterocycles. The van der Waals surface area contributed by atoms with Gasteiger partial charge in [-0.25, -0.2) is 4.98 Å². The van der Waals surface area contributed by atoms with Gasteiger partial charge in [0.1, 0.15) is 0 Å².